The zero-order valence-electron chi connectivity index (χ0n) is 12.5. The number of methoxy groups -OCH3 is 1. The summed E-state index contributed by atoms with van der Waals surface area (Å²) in [4.78, 5) is 26.8. The fraction of sp³-hybridized carbons (Fsp3) is 0.0667. The zero-order valence-corrected chi connectivity index (χ0v) is 13.3. The predicted molar refractivity (Wildman–Crippen MR) is 91.6 cm³/mol. The van der Waals surface area contributed by atoms with E-state index in [0.29, 0.717) is 10.9 Å². The van der Waals surface area contributed by atoms with Gasteiger partial charge in [0.2, 0.25) is 0 Å². The molecule has 3 aromatic rings. The van der Waals surface area contributed by atoms with Crippen molar-refractivity contribution in [2.75, 3.05) is 18.2 Å². The average molecular weight is 344 g/mol. The highest BCUT2D eigenvalue weighted by atomic mass is 32.1. The van der Waals surface area contributed by atoms with Crippen LogP contribution in [0.2, 0.25) is 0 Å². The van der Waals surface area contributed by atoms with Crippen molar-refractivity contribution in [2.45, 2.75) is 0 Å². The van der Waals surface area contributed by atoms with Crippen LogP contribution < -0.4 is 15.8 Å². The van der Waals surface area contributed by atoms with Gasteiger partial charge >= 0.3 is 0 Å². The molecular weight excluding hydrogens is 332 g/mol. The number of nitro benzene ring substituents is 1. The lowest BCUT2D eigenvalue weighted by Crippen LogP contribution is -2.12. The first-order chi connectivity index (χ1) is 11.5. The summed E-state index contributed by atoms with van der Waals surface area (Å²) in [5, 5.41) is 13.9. The van der Waals surface area contributed by atoms with E-state index < -0.39 is 10.8 Å². The van der Waals surface area contributed by atoms with Crippen LogP contribution in [-0.2, 0) is 0 Å². The maximum atomic E-state index is 12.3. The highest BCUT2D eigenvalue weighted by Crippen LogP contribution is 2.30. The zero-order chi connectivity index (χ0) is 17.3. The van der Waals surface area contributed by atoms with E-state index in [-0.39, 0.29) is 16.9 Å². The normalized spacial score (nSPS) is 10.5. The maximum absolute atomic E-state index is 12.3. The second kappa shape index (κ2) is 6.13. The molecule has 0 unspecified atom stereocenters. The summed E-state index contributed by atoms with van der Waals surface area (Å²) in [6, 6.07) is 9.27. The Bertz CT molecular complexity index is 954. The number of fused-ring (bicyclic) bond motifs is 1. The third-order valence-corrected chi connectivity index (χ3v) is 4.24. The SMILES string of the molecule is COc1ccc2nc(NC(=O)c3ccc(N)c([N+](=O)[O-])c3)sc2c1. The van der Waals surface area contributed by atoms with E-state index in [9.17, 15) is 14.9 Å². The molecule has 8 nitrogen and oxygen atoms in total. The fourth-order valence-corrected chi connectivity index (χ4v) is 2.99. The number of nitro groups is 1. The second-order valence-electron chi connectivity index (χ2n) is 4.84. The van der Waals surface area contributed by atoms with Gasteiger partial charge in [0.1, 0.15) is 11.4 Å². The summed E-state index contributed by atoms with van der Waals surface area (Å²) < 4.78 is 6.00. The van der Waals surface area contributed by atoms with Crippen LogP contribution in [-0.4, -0.2) is 22.9 Å². The van der Waals surface area contributed by atoms with Crippen LogP contribution in [0, 0.1) is 10.1 Å². The van der Waals surface area contributed by atoms with Gasteiger partial charge in [-0.15, -0.1) is 0 Å². The smallest absolute Gasteiger partial charge is 0.292 e. The van der Waals surface area contributed by atoms with Gasteiger partial charge in [-0.05, 0) is 30.3 Å². The molecule has 122 valence electrons. The van der Waals surface area contributed by atoms with E-state index in [1.165, 1.54) is 23.5 Å². The van der Waals surface area contributed by atoms with Crippen LogP contribution in [0.5, 0.6) is 5.75 Å². The number of carbonyl (C=O) groups excluding carboxylic acids is 1. The minimum atomic E-state index is -0.629. The summed E-state index contributed by atoms with van der Waals surface area (Å²) in [6.07, 6.45) is 0. The van der Waals surface area contributed by atoms with E-state index in [1.54, 1.807) is 19.2 Å². The lowest BCUT2D eigenvalue weighted by atomic mass is 10.1. The number of carbonyl (C=O) groups is 1. The first-order valence-corrected chi connectivity index (χ1v) is 7.59. The van der Waals surface area contributed by atoms with Gasteiger partial charge in [0, 0.05) is 11.6 Å². The lowest BCUT2D eigenvalue weighted by molar-refractivity contribution is -0.383. The highest BCUT2D eigenvalue weighted by Gasteiger charge is 2.17. The van der Waals surface area contributed by atoms with Crippen LogP contribution in [0.25, 0.3) is 10.2 Å². The molecule has 1 heterocycles. The molecule has 1 amide bonds. The molecule has 0 aliphatic carbocycles. The first kappa shape index (κ1) is 15.7. The number of anilines is 2. The molecule has 0 saturated carbocycles. The van der Waals surface area contributed by atoms with Gasteiger partial charge in [0.25, 0.3) is 11.6 Å². The van der Waals surface area contributed by atoms with Gasteiger partial charge < -0.3 is 10.5 Å². The summed E-state index contributed by atoms with van der Waals surface area (Å²) in [5.41, 5.74) is 6.07. The second-order valence-corrected chi connectivity index (χ2v) is 5.87. The molecule has 0 aliphatic heterocycles. The van der Waals surface area contributed by atoms with E-state index in [4.69, 9.17) is 10.5 Å². The standard InChI is InChI=1S/C15H12N4O4S/c1-23-9-3-5-11-13(7-9)24-15(17-11)18-14(20)8-2-4-10(16)12(6-8)19(21)22/h2-7H,16H2,1H3,(H,17,18,20). The third kappa shape index (κ3) is 2.97. The number of nitrogens with two attached hydrogens (primary N) is 1. The number of rotatable bonds is 4. The minimum absolute atomic E-state index is 0.00336. The number of ether oxygens (including phenoxy) is 1. The molecule has 0 aliphatic rings. The molecule has 0 saturated heterocycles. The van der Waals surface area contributed by atoms with Gasteiger partial charge in [-0.25, -0.2) is 4.98 Å². The molecule has 0 fully saturated rings. The molecule has 0 atom stereocenters. The maximum Gasteiger partial charge on any atom is 0.292 e. The number of hydrogen-bond donors (Lipinski definition) is 2. The van der Waals surface area contributed by atoms with Gasteiger partial charge in [-0.2, -0.15) is 0 Å². The number of benzene rings is 2. The Hall–Kier alpha value is -3.20. The van der Waals surface area contributed by atoms with Crippen molar-refractivity contribution in [1.29, 1.82) is 0 Å². The number of amides is 1. The molecule has 0 radical (unpaired) electrons. The van der Waals surface area contributed by atoms with Crippen LogP contribution in [0.15, 0.2) is 36.4 Å². The number of hydrogen-bond acceptors (Lipinski definition) is 7. The number of aromatic nitrogens is 1. The quantitative estimate of drug-likeness (QED) is 0.426. The largest absolute Gasteiger partial charge is 0.497 e. The topological polar surface area (TPSA) is 120 Å². The summed E-state index contributed by atoms with van der Waals surface area (Å²) in [7, 11) is 1.57. The Morgan fingerprint density at radius 3 is 2.83 bits per heavy atom. The molecule has 0 bridgehead atoms. The lowest BCUT2D eigenvalue weighted by Gasteiger charge is -2.03. The first-order valence-electron chi connectivity index (χ1n) is 6.78. The highest BCUT2D eigenvalue weighted by molar-refractivity contribution is 7.22. The van der Waals surface area contributed by atoms with Crippen LogP contribution in [0.4, 0.5) is 16.5 Å². The van der Waals surface area contributed by atoms with Gasteiger partial charge in [0.15, 0.2) is 5.13 Å². The molecule has 0 spiro atoms. The van der Waals surface area contributed by atoms with Crippen LogP contribution >= 0.6 is 11.3 Å². The van der Waals surface area contributed by atoms with E-state index in [0.717, 1.165) is 16.3 Å². The van der Waals surface area contributed by atoms with E-state index >= 15 is 0 Å². The Morgan fingerprint density at radius 1 is 1.33 bits per heavy atom. The molecule has 1 aromatic heterocycles. The van der Waals surface area contributed by atoms with Crippen molar-refractivity contribution in [3.8, 4) is 5.75 Å². The van der Waals surface area contributed by atoms with Gasteiger partial charge in [0.05, 0.1) is 22.2 Å². The Morgan fingerprint density at radius 2 is 2.12 bits per heavy atom. The van der Waals surface area contributed by atoms with Crippen molar-refractivity contribution in [3.05, 3.63) is 52.1 Å². The Balaban J connectivity index is 1.87. The summed E-state index contributed by atoms with van der Waals surface area (Å²) in [5.74, 6) is 0.197. The van der Waals surface area contributed by atoms with E-state index in [2.05, 4.69) is 10.3 Å². The van der Waals surface area contributed by atoms with Gasteiger partial charge in [-0.3, -0.25) is 20.2 Å². The number of thiazole rings is 1. The number of nitrogen functional groups attached to an aromatic ring is 1. The molecule has 9 heteroatoms. The van der Waals surface area contributed by atoms with Gasteiger partial charge in [-0.1, -0.05) is 11.3 Å². The fourth-order valence-electron chi connectivity index (χ4n) is 2.10. The van der Waals surface area contributed by atoms with Crippen molar-refractivity contribution in [3.63, 3.8) is 0 Å². The number of nitrogens with one attached hydrogen (secondary N) is 1. The minimum Gasteiger partial charge on any atom is -0.497 e. The summed E-state index contributed by atoms with van der Waals surface area (Å²) >= 11 is 1.28. The molecule has 3 N–H and O–H groups in total. The van der Waals surface area contributed by atoms with Crippen molar-refractivity contribution >= 4 is 44.0 Å². The molecular formula is C15H12N4O4S. The Kier molecular flexibility index (Phi) is 4.00. The van der Waals surface area contributed by atoms with E-state index in [1.807, 2.05) is 6.07 Å². The third-order valence-electron chi connectivity index (χ3n) is 3.31. The van der Waals surface area contributed by atoms with Crippen molar-refractivity contribution in [2.24, 2.45) is 0 Å². The van der Waals surface area contributed by atoms with Crippen LogP contribution in [0.3, 0.4) is 0 Å². The predicted octanol–water partition coefficient (Wildman–Crippen LogP) is 3.05. The number of nitrogens with zero attached hydrogens (tertiary/aromatic N) is 2. The average Bonchev–Trinajstić information content (AvgIpc) is 2.95. The van der Waals surface area contributed by atoms with Crippen molar-refractivity contribution in [1.82, 2.24) is 4.98 Å². The summed E-state index contributed by atoms with van der Waals surface area (Å²) in [6.45, 7) is 0. The van der Waals surface area contributed by atoms with Crippen molar-refractivity contribution < 1.29 is 14.5 Å². The van der Waals surface area contributed by atoms with Crippen LogP contribution in [0.1, 0.15) is 10.4 Å². The molecule has 3 rings (SSSR count). The molecule has 2 aromatic carbocycles. The molecule has 24 heavy (non-hydrogen) atoms. The monoisotopic (exact) mass is 344 g/mol. The Labute approximate surface area is 140 Å².